The minimum atomic E-state index is 0.437. The standard InChI is InChI=1S/C28H31N3O/c1-4-19-10-8-11-20(5-2)28(19)25-15-27(32-3)24(26(16-29)31-25)18-30-17-22-14-13-21-9-6-7-12-23(21)22/h6-12,15,22,30H,4-5,13-14,17-18H2,1-3H3. The fourth-order valence-electron chi connectivity index (χ4n) is 4.92. The van der Waals surface area contributed by atoms with E-state index in [2.05, 4.69) is 67.7 Å². The molecule has 1 aromatic heterocycles. The van der Waals surface area contributed by atoms with Gasteiger partial charge < -0.3 is 10.1 Å². The predicted octanol–water partition coefficient (Wildman–Crippen LogP) is 5.57. The molecule has 4 heteroatoms. The number of hydrogen-bond acceptors (Lipinski definition) is 4. The van der Waals surface area contributed by atoms with Gasteiger partial charge in [0.1, 0.15) is 17.5 Å². The van der Waals surface area contributed by atoms with Crippen LogP contribution in [0.2, 0.25) is 0 Å². The summed E-state index contributed by atoms with van der Waals surface area (Å²) in [7, 11) is 1.67. The third-order valence-electron chi connectivity index (χ3n) is 6.61. The molecule has 0 aliphatic heterocycles. The van der Waals surface area contributed by atoms with Crippen LogP contribution in [0.1, 0.15) is 59.7 Å². The maximum atomic E-state index is 9.91. The average molecular weight is 426 g/mol. The van der Waals surface area contributed by atoms with Crippen molar-refractivity contribution >= 4 is 0 Å². The zero-order chi connectivity index (χ0) is 22.5. The molecule has 0 fully saturated rings. The van der Waals surface area contributed by atoms with Gasteiger partial charge in [-0.05, 0) is 53.9 Å². The molecule has 0 spiro atoms. The Balaban J connectivity index is 1.60. The van der Waals surface area contributed by atoms with Crippen LogP contribution in [-0.4, -0.2) is 18.6 Å². The zero-order valence-corrected chi connectivity index (χ0v) is 19.2. The fourth-order valence-corrected chi connectivity index (χ4v) is 4.92. The Kier molecular flexibility index (Phi) is 6.87. The molecule has 0 amide bonds. The molecule has 1 heterocycles. The molecule has 1 N–H and O–H groups in total. The predicted molar refractivity (Wildman–Crippen MR) is 129 cm³/mol. The second-order valence-electron chi connectivity index (χ2n) is 8.37. The molecule has 4 nitrogen and oxygen atoms in total. The normalized spacial score (nSPS) is 14.8. The van der Waals surface area contributed by atoms with Crippen LogP contribution in [0.25, 0.3) is 11.3 Å². The summed E-state index contributed by atoms with van der Waals surface area (Å²) >= 11 is 0. The van der Waals surface area contributed by atoms with Crippen LogP contribution in [0, 0.1) is 11.3 Å². The van der Waals surface area contributed by atoms with Crippen molar-refractivity contribution in [3.63, 3.8) is 0 Å². The first-order valence-corrected chi connectivity index (χ1v) is 11.6. The molecule has 0 radical (unpaired) electrons. The minimum absolute atomic E-state index is 0.437. The van der Waals surface area contributed by atoms with Gasteiger partial charge >= 0.3 is 0 Å². The van der Waals surface area contributed by atoms with Gasteiger partial charge in [-0.2, -0.15) is 5.26 Å². The highest BCUT2D eigenvalue weighted by Gasteiger charge is 2.22. The van der Waals surface area contributed by atoms with Crippen molar-refractivity contribution in [1.82, 2.24) is 10.3 Å². The summed E-state index contributed by atoms with van der Waals surface area (Å²) in [6, 6.07) is 19.4. The highest BCUT2D eigenvalue weighted by molar-refractivity contribution is 5.70. The molecule has 1 unspecified atom stereocenters. The van der Waals surface area contributed by atoms with Gasteiger partial charge in [0.25, 0.3) is 0 Å². The van der Waals surface area contributed by atoms with Crippen LogP contribution in [-0.2, 0) is 25.8 Å². The van der Waals surface area contributed by atoms with E-state index in [1.165, 1.54) is 28.7 Å². The van der Waals surface area contributed by atoms with Gasteiger partial charge in [-0.25, -0.2) is 4.98 Å². The summed E-state index contributed by atoms with van der Waals surface area (Å²) in [5.41, 5.74) is 8.62. The molecule has 0 saturated heterocycles. The fraction of sp³-hybridized carbons (Fsp3) is 0.357. The van der Waals surface area contributed by atoms with E-state index in [0.29, 0.717) is 18.2 Å². The molecule has 1 atom stereocenters. The smallest absolute Gasteiger partial charge is 0.149 e. The number of hydrogen-bond donors (Lipinski definition) is 1. The molecule has 164 valence electrons. The topological polar surface area (TPSA) is 57.9 Å². The summed E-state index contributed by atoms with van der Waals surface area (Å²) < 4.78 is 5.74. The lowest BCUT2D eigenvalue weighted by Crippen LogP contribution is -2.21. The molecule has 2 aromatic carbocycles. The number of ether oxygens (including phenoxy) is 1. The van der Waals surface area contributed by atoms with Gasteiger partial charge in [-0.15, -0.1) is 0 Å². The second-order valence-corrected chi connectivity index (χ2v) is 8.37. The number of aromatic nitrogens is 1. The Labute approximate surface area is 191 Å². The SMILES string of the molecule is CCc1cccc(CC)c1-c1cc(OC)c(CNCC2CCc3ccccc32)c(C#N)n1. The summed E-state index contributed by atoms with van der Waals surface area (Å²) in [5, 5.41) is 13.5. The number of nitriles is 1. The van der Waals surface area contributed by atoms with Crippen LogP contribution in [0.3, 0.4) is 0 Å². The first-order valence-electron chi connectivity index (χ1n) is 11.6. The van der Waals surface area contributed by atoms with E-state index >= 15 is 0 Å². The summed E-state index contributed by atoms with van der Waals surface area (Å²) in [4.78, 5) is 4.79. The maximum Gasteiger partial charge on any atom is 0.149 e. The van der Waals surface area contributed by atoms with E-state index in [9.17, 15) is 5.26 Å². The van der Waals surface area contributed by atoms with Crippen molar-refractivity contribution in [2.45, 2.75) is 52.0 Å². The lowest BCUT2D eigenvalue weighted by molar-refractivity contribution is 0.406. The number of fused-ring (bicyclic) bond motifs is 1. The van der Waals surface area contributed by atoms with Gasteiger partial charge in [0.05, 0.1) is 12.8 Å². The second kappa shape index (κ2) is 9.97. The Hall–Kier alpha value is -3.16. The van der Waals surface area contributed by atoms with E-state index in [-0.39, 0.29) is 0 Å². The van der Waals surface area contributed by atoms with E-state index in [1.54, 1.807) is 7.11 Å². The summed E-state index contributed by atoms with van der Waals surface area (Å²) in [6.45, 7) is 5.75. The van der Waals surface area contributed by atoms with E-state index in [1.807, 2.05) is 6.07 Å². The number of aryl methyl sites for hydroxylation is 3. The number of pyridine rings is 1. The quantitative estimate of drug-likeness (QED) is 0.512. The molecule has 3 aromatic rings. The Morgan fingerprint density at radius 3 is 2.53 bits per heavy atom. The molecule has 4 rings (SSSR count). The molecule has 0 saturated carbocycles. The number of benzene rings is 2. The van der Waals surface area contributed by atoms with Crippen LogP contribution in [0.4, 0.5) is 0 Å². The van der Waals surface area contributed by atoms with Crippen molar-refractivity contribution in [3.8, 4) is 23.1 Å². The van der Waals surface area contributed by atoms with Gasteiger partial charge in [0, 0.05) is 30.3 Å². The Morgan fingerprint density at radius 1 is 1.09 bits per heavy atom. The molecule has 1 aliphatic carbocycles. The van der Waals surface area contributed by atoms with Crippen molar-refractivity contribution < 1.29 is 4.74 Å². The Morgan fingerprint density at radius 2 is 1.84 bits per heavy atom. The van der Waals surface area contributed by atoms with Crippen molar-refractivity contribution in [2.24, 2.45) is 0 Å². The lowest BCUT2D eigenvalue weighted by atomic mass is 9.94. The van der Waals surface area contributed by atoms with Crippen LogP contribution >= 0.6 is 0 Å². The third-order valence-corrected chi connectivity index (χ3v) is 6.61. The Bertz CT molecular complexity index is 1120. The number of methoxy groups -OCH3 is 1. The lowest BCUT2D eigenvalue weighted by Gasteiger charge is -2.18. The first kappa shape index (κ1) is 22.0. The van der Waals surface area contributed by atoms with Crippen LogP contribution < -0.4 is 10.1 Å². The monoisotopic (exact) mass is 425 g/mol. The summed E-state index contributed by atoms with van der Waals surface area (Å²) in [5.74, 6) is 1.23. The van der Waals surface area contributed by atoms with Gasteiger partial charge in [0.2, 0.25) is 0 Å². The van der Waals surface area contributed by atoms with Crippen molar-refractivity contribution in [1.29, 1.82) is 5.26 Å². The molecular formula is C28H31N3O. The first-order chi connectivity index (χ1) is 15.7. The highest BCUT2D eigenvalue weighted by Crippen LogP contribution is 2.34. The average Bonchev–Trinajstić information content (AvgIpc) is 3.26. The van der Waals surface area contributed by atoms with Crippen molar-refractivity contribution in [2.75, 3.05) is 13.7 Å². The molecular weight excluding hydrogens is 394 g/mol. The van der Waals surface area contributed by atoms with Crippen LogP contribution in [0.15, 0.2) is 48.5 Å². The van der Waals surface area contributed by atoms with Gasteiger partial charge in [-0.3, -0.25) is 0 Å². The molecule has 32 heavy (non-hydrogen) atoms. The largest absolute Gasteiger partial charge is 0.496 e. The van der Waals surface area contributed by atoms with E-state index in [0.717, 1.165) is 48.4 Å². The molecule has 0 bridgehead atoms. The van der Waals surface area contributed by atoms with Gasteiger partial charge in [0.15, 0.2) is 0 Å². The van der Waals surface area contributed by atoms with E-state index < -0.39 is 0 Å². The van der Waals surface area contributed by atoms with Gasteiger partial charge in [-0.1, -0.05) is 56.3 Å². The number of nitrogens with one attached hydrogen (secondary N) is 1. The third kappa shape index (κ3) is 4.26. The number of rotatable bonds is 8. The van der Waals surface area contributed by atoms with Crippen molar-refractivity contribution in [3.05, 3.63) is 82.0 Å². The summed E-state index contributed by atoms with van der Waals surface area (Å²) in [6.07, 6.45) is 4.14. The maximum absolute atomic E-state index is 9.91. The van der Waals surface area contributed by atoms with Crippen LogP contribution in [0.5, 0.6) is 5.75 Å². The molecule has 1 aliphatic rings. The van der Waals surface area contributed by atoms with E-state index in [4.69, 9.17) is 9.72 Å². The highest BCUT2D eigenvalue weighted by atomic mass is 16.5. The minimum Gasteiger partial charge on any atom is -0.496 e. The number of nitrogens with zero attached hydrogens (tertiary/aromatic N) is 2. The zero-order valence-electron chi connectivity index (χ0n) is 19.2.